The number of hydrogen-bond donors (Lipinski definition) is 0. The average molecular weight is 241 g/mol. The fraction of sp³-hybridized carbons (Fsp3) is 0.583. The number of hydrogen-bond acceptors (Lipinski definition) is 3. The second-order valence-corrected chi connectivity index (χ2v) is 4.35. The Kier molecular flexibility index (Phi) is 4.02. The molecule has 1 saturated heterocycles. The summed E-state index contributed by atoms with van der Waals surface area (Å²) >= 11 is 5.82. The van der Waals surface area contributed by atoms with Crippen LogP contribution in [0.25, 0.3) is 0 Å². The number of rotatable bonds is 3. The fourth-order valence-corrected chi connectivity index (χ4v) is 2.20. The zero-order valence-electron chi connectivity index (χ0n) is 9.53. The van der Waals surface area contributed by atoms with Crippen molar-refractivity contribution in [1.82, 2.24) is 4.98 Å². The lowest BCUT2D eigenvalue weighted by atomic mass is 10.1. The lowest BCUT2D eigenvalue weighted by Crippen LogP contribution is -2.37. The molecule has 0 radical (unpaired) electrons. The van der Waals surface area contributed by atoms with Crippen molar-refractivity contribution >= 4 is 17.4 Å². The minimum Gasteiger partial charge on any atom is -0.381 e. The maximum Gasteiger partial charge on any atom is 0.128 e. The van der Waals surface area contributed by atoms with Crippen molar-refractivity contribution in [2.24, 2.45) is 0 Å². The molecule has 0 bridgehead atoms. The maximum absolute atomic E-state index is 5.82. The first-order valence-corrected chi connectivity index (χ1v) is 6.15. The van der Waals surface area contributed by atoms with Crippen LogP contribution in [0.4, 0.5) is 5.82 Å². The van der Waals surface area contributed by atoms with Crippen molar-refractivity contribution in [3.05, 3.63) is 23.9 Å². The molecule has 0 aromatic carbocycles. The summed E-state index contributed by atoms with van der Waals surface area (Å²) < 4.78 is 5.35. The highest BCUT2D eigenvalue weighted by atomic mass is 35.5. The summed E-state index contributed by atoms with van der Waals surface area (Å²) in [5.74, 6) is 1.58. The molecule has 2 heterocycles. The first-order chi connectivity index (χ1) is 7.83. The van der Waals surface area contributed by atoms with E-state index >= 15 is 0 Å². The van der Waals surface area contributed by atoms with Gasteiger partial charge in [-0.05, 0) is 30.5 Å². The molecule has 1 aromatic heterocycles. The Balaban J connectivity index is 2.02. The minimum absolute atomic E-state index is 0.410. The zero-order valence-corrected chi connectivity index (χ0v) is 10.3. The van der Waals surface area contributed by atoms with Crippen LogP contribution < -0.4 is 4.90 Å². The average Bonchev–Trinajstić information content (AvgIpc) is 2.39. The number of methoxy groups -OCH3 is 1. The van der Waals surface area contributed by atoms with E-state index in [-0.39, 0.29) is 0 Å². The van der Waals surface area contributed by atoms with Crippen molar-refractivity contribution in [2.45, 2.75) is 24.8 Å². The molecule has 1 aliphatic rings. The molecular weight excluding hydrogens is 224 g/mol. The zero-order chi connectivity index (χ0) is 11.4. The minimum atomic E-state index is 0.410. The summed E-state index contributed by atoms with van der Waals surface area (Å²) in [7, 11) is 1.78. The maximum atomic E-state index is 5.82. The van der Waals surface area contributed by atoms with Gasteiger partial charge in [0.15, 0.2) is 0 Å². The molecule has 1 aromatic rings. The summed E-state index contributed by atoms with van der Waals surface area (Å²) in [4.78, 5) is 6.69. The molecule has 4 heteroatoms. The molecule has 0 amide bonds. The smallest absolute Gasteiger partial charge is 0.128 e. The van der Waals surface area contributed by atoms with Gasteiger partial charge in [-0.15, -0.1) is 11.6 Å². The van der Waals surface area contributed by atoms with Gasteiger partial charge in [-0.3, -0.25) is 0 Å². The third-order valence-corrected chi connectivity index (χ3v) is 3.37. The third-order valence-electron chi connectivity index (χ3n) is 3.06. The van der Waals surface area contributed by atoms with E-state index in [1.807, 2.05) is 12.3 Å². The lowest BCUT2D eigenvalue weighted by Gasteiger charge is -2.32. The van der Waals surface area contributed by atoms with Crippen LogP contribution in [-0.2, 0) is 10.6 Å². The highest BCUT2D eigenvalue weighted by Gasteiger charge is 2.19. The monoisotopic (exact) mass is 240 g/mol. The molecule has 1 fully saturated rings. The topological polar surface area (TPSA) is 25.4 Å². The first kappa shape index (κ1) is 11.7. The number of aromatic nitrogens is 1. The summed E-state index contributed by atoms with van der Waals surface area (Å²) in [6.45, 7) is 2.02. The van der Waals surface area contributed by atoms with Gasteiger partial charge in [0.25, 0.3) is 0 Å². The highest BCUT2D eigenvalue weighted by molar-refractivity contribution is 6.17. The predicted molar refractivity (Wildman–Crippen MR) is 66.0 cm³/mol. The standard InChI is InChI=1S/C12H17ClN2O/c1-16-11-3-6-15(7-4-11)12-8-10(9-13)2-5-14-12/h2,5,8,11H,3-4,6-7,9H2,1H3. The second kappa shape index (κ2) is 5.51. The Morgan fingerprint density at radius 1 is 1.50 bits per heavy atom. The third kappa shape index (κ3) is 2.66. The van der Waals surface area contributed by atoms with Gasteiger partial charge >= 0.3 is 0 Å². The molecule has 0 unspecified atom stereocenters. The van der Waals surface area contributed by atoms with Crippen molar-refractivity contribution in [3.8, 4) is 0 Å². The van der Waals surface area contributed by atoms with Gasteiger partial charge in [-0.1, -0.05) is 0 Å². The number of ether oxygens (including phenoxy) is 1. The van der Waals surface area contributed by atoms with Gasteiger partial charge < -0.3 is 9.64 Å². The number of piperidine rings is 1. The van der Waals surface area contributed by atoms with Gasteiger partial charge in [0, 0.05) is 32.3 Å². The summed E-state index contributed by atoms with van der Waals surface area (Å²) in [6.07, 6.45) is 4.38. The van der Waals surface area contributed by atoms with E-state index in [9.17, 15) is 0 Å². The van der Waals surface area contributed by atoms with Crippen LogP contribution in [0, 0.1) is 0 Å². The van der Waals surface area contributed by atoms with Crippen LogP contribution in [0.1, 0.15) is 18.4 Å². The van der Waals surface area contributed by atoms with Gasteiger partial charge in [0.05, 0.1) is 6.10 Å². The Morgan fingerprint density at radius 2 is 2.25 bits per heavy atom. The first-order valence-electron chi connectivity index (χ1n) is 5.62. The largest absolute Gasteiger partial charge is 0.381 e. The quantitative estimate of drug-likeness (QED) is 0.759. The molecule has 0 atom stereocenters. The molecule has 3 nitrogen and oxygen atoms in total. The van der Waals surface area contributed by atoms with E-state index in [4.69, 9.17) is 16.3 Å². The van der Waals surface area contributed by atoms with Crippen molar-refractivity contribution < 1.29 is 4.74 Å². The molecule has 0 aliphatic carbocycles. The number of alkyl halides is 1. The van der Waals surface area contributed by atoms with Crippen molar-refractivity contribution in [1.29, 1.82) is 0 Å². The normalized spacial score (nSPS) is 17.8. The number of nitrogens with zero attached hydrogens (tertiary/aromatic N) is 2. The Labute approximate surface area is 101 Å². The van der Waals surface area contributed by atoms with E-state index in [2.05, 4.69) is 16.0 Å². The summed E-state index contributed by atoms with van der Waals surface area (Å²) in [5.41, 5.74) is 1.13. The van der Waals surface area contributed by atoms with Gasteiger partial charge in [-0.2, -0.15) is 0 Å². The summed E-state index contributed by atoms with van der Waals surface area (Å²) in [5, 5.41) is 0. The molecule has 2 rings (SSSR count). The molecule has 16 heavy (non-hydrogen) atoms. The molecule has 1 aliphatic heterocycles. The van der Waals surface area contributed by atoms with E-state index in [0.717, 1.165) is 37.3 Å². The molecular formula is C12H17ClN2O. The Bertz CT molecular complexity index is 338. The molecule has 0 saturated carbocycles. The molecule has 0 N–H and O–H groups in total. The van der Waals surface area contributed by atoms with Crippen LogP contribution in [0.3, 0.4) is 0 Å². The molecule has 0 spiro atoms. The predicted octanol–water partition coefficient (Wildman–Crippen LogP) is 2.44. The van der Waals surface area contributed by atoms with Crippen LogP contribution in [0.2, 0.25) is 0 Å². The van der Waals surface area contributed by atoms with E-state index in [1.54, 1.807) is 7.11 Å². The van der Waals surface area contributed by atoms with Crippen LogP contribution >= 0.6 is 11.6 Å². The Morgan fingerprint density at radius 3 is 2.88 bits per heavy atom. The van der Waals surface area contributed by atoms with Crippen LogP contribution in [0.15, 0.2) is 18.3 Å². The van der Waals surface area contributed by atoms with Crippen LogP contribution in [0.5, 0.6) is 0 Å². The van der Waals surface area contributed by atoms with E-state index in [0.29, 0.717) is 12.0 Å². The number of pyridine rings is 1. The van der Waals surface area contributed by atoms with Crippen molar-refractivity contribution in [3.63, 3.8) is 0 Å². The number of anilines is 1. The van der Waals surface area contributed by atoms with Crippen LogP contribution in [-0.4, -0.2) is 31.3 Å². The SMILES string of the molecule is COC1CCN(c2cc(CCl)ccn2)CC1. The van der Waals surface area contributed by atoms with Crippen molar-refractivity contribution in [2.75, 3.05) is 25.1 Å². The van der Waals surface area contributed by atoms with Gasteiger partial charge in [0.2, 0.25) is 0 Å². The number of halogens is 1. The fourth-order valence-electron chi connectivity index (χ4n) is 2.04. The molecule has 88 valence electrons. The lowest BCUT2D eigenvalue weighted by molar-refractivity contribution is 0.0818. The van der Waals surface area contributed by atoms with E-state index < -0.39 is 0 Å². The Hall–Kier alpha value is -0.800. The van der Waals surface area contributed by atoms with Gasteiger partial charge in [0.1, 0.15) is 5.82 Å². The van der Waals surface area contributed by atoms with E-state index in [1.165, 1.54) is 0 Å². The van der Waals surface area contributed by atoms with Gasteiger partial charge in [-0.25, -0.2) is 4.98 Å². The second-order valence-electron chi connectivity index (χ2n) is 4.08. The summed E-state index contributed by atoms with van der Waals surface area (Å²) in [6, 6.07) is 4.03. The highest BCUT2D eigenvalue weighted by Crippen LogP contribution is 2.20.